The molecule has 1 aliphatic heterocycles. The zero-order valence-corrected chi connectivity index (χ0v) is 13.4. The average molecular weight is 311 g/mol. The van der Waals surface area contributed by atoms with E-state index in [1.54, 1.807) is 11.3 Å². The number of nitrogens with zero attached hydrogens (tertiary/aromatic N) is 2. The van der Waals surface area contributed by atoms with Crippen LogP contribution in [0.3, 0.4) is 0 Å². The number of thiazole rings is 1. The average Bonchev–Trinajstić information content (AvgIpc) is 3.24. The van der Waals surface area contributed by atoms with E-state index in [0.29, 0.717) is 17.7 Å². The molecule has 0 bridgehead atoms. The molecular formula is C14H21N3OS2. The van der Waals surface area contributed by atoms with Crippen LogP contribution in [-0.4, -0.2) is 40.0 Å². The maximum absolute atomic E-state index is 12.2. The molecule has 3 rings (SSSR count). The molecule has 20 heavy (non-hydrogen) atoms. The molecule has 4 nitrogen and oxygen atoms in total. The first-order chi connectivity index (χ1) is 9.76. The molecule has 6 heteroatoms. The van der Waals surface area contributed by atoms with Crippen molar-refractivity contribution in [1.29, 1.82) is 0 Å². The molecule has 0 radical (unpaired) electrons. The number of rotatable bonds is 4. The highest BCUT2D eigenvalue weighted by atomic mass is 32.2. The van der Waals surface area contributed by atoms with Crippen LogP contribution in [0, 0.1) is 0 Å². The van der Waals surface area contributed by atoms with E-state index >= 15 is 0 Å². The van der Waals surface area contributed by atoms with Crippen molar-refractivity contribution < 1.29 is 4.79 Å². The first-order valence-electron chi connectivity index (χ1n) is 7.35. The second-order valence-corrected chi connectivity index (χ2v) is 7.76. The number of carbonyl (C=O) groups is 1. The highest BCUT2D eigenvalue weighted by Crippen LogP contribution is 2.41. The minimum absolute atomic E-state index is 0.0599. The Kier molecular flexibility index (Phi) is 4.51. The minimum atomic E-state index is 0.0599. The topological polar surface area (TPSA) is 45.2 Å². The van der Waals surface area contributed by atoms with Crippen molar-refractivity contribution in [3.05, 3.63) is 16.1 Å². The maximum atomic E-state index is 12.2. The standard InChI is InChI=1S/C14H21N3OS2/c1-2-12-8-17(5-6-19-12)14(18)15-7-11-9-20-13(16-11)10-3-4-10/h9-10,12H,2-8H2,1H3,(H,15,18)/t12-/m1/s1. The van der Waals surface area contributed by atoms with E-state index in [1.807, 2.05) is 16.7 Å². The molecular weight excluding hydrogens is 290 g/mol. The van der Waals surface area contributed by atoms with Crippen molar-refractivity contribution in [2.75, 3.05) is 18.8 Å². The van der Waals surface area contributed by atoms with E-state index in [4.69, 9.17) is 0 Å². The van der Waals surface area contributed by atoms with Crippen LogP contribution in [0.4, 0.5) is 4.79 Å². The molecule has 1 atom stereocenters. The Balaban J connectivity index is 1.48. The minimum Gasteiger partial charge on any atom is -0.332 e. The van der Waals surface area contributed by atoms with Crippen LogP contribution in [0.25, 0.3) is 0 Å². The number of hydrogen-bond acceptors (Lipinski definition) is 4. The number of hydrogen-bond donors (Lipinski definition) is 1. The molecule has 1 aliphatic carbocycles. The van der Waals surface area contributed by atoms with E-state index < -0.39 is 0 Å². The molecule has 2 heterocycles. The van der Waals surface area contributed by atoms with Gasteiger partial charge in [-0.25, -0.2) is 9.78 Å². The monoisotopic (exact) mass is 311 g/mol. The number of carbonyl (C=O) groups excluding carboxylic acids is 1. The summed E-state index contributed by atoms with van der Waals surface area (Å²) in [5.74, 6) is 1.75. The lowest BCUT2D eigenvalue weighted by Gasteiger charge is -2.31. The Bertz CT molecular complexity index is 473. The van der Waals surface area contributed by atoms with Gasteiger partial charge in [0.15, 0.2) is 0 Å². The summed E-state index contributed by atoms with van der Waals surface area (Å²) in [6.45, 7) is 4.48. The van der Waals surface area contributed by atoms with Gasteiger partial charge in [-0.3, -0.25) is 0 Å². The lowest BCUT2D eigenvalue weighted by molar-refractivity contribution is 0.198. The van der Waals surface area contributed by atoms with Crippen LogP contribution in [0.15, 0.2) is 5.38 Å². The Labute approximate surface area is 128 Å². The summed E-state index contributed by atoms with van der Waals surface area (Å²) in [6.07, 6.45) is 3.69. The molecule has 0 unspecified atom stereocenters. The number of urea groups is 1. The van der Waals surface area contributed by atoms with E-state index in [9.17, 15) is 4.79 Å². The summed E-state index contributed by atoms with van der Waals surface area (Å²) in [7, 11) is 0. The number of thioether (sulfide) groups is 1. The van der Waals surface area contributed by atoms with Crippen molar-refractivity contribution in [3.63, 3.8) is 0 Å². The van der Waals surface area contributed by atoms with E-state index in [-0.39, 0.29) is 6.03 Å². The summed E-state index contributed by atoms with van der Waals surface area (Å²) >= 11 is 3.71. The van der Waals surface area contributed by atoms with Crippen LogP contribution in [0.1, 0.15) is 42.8 Å². The first-order valence-corrected chi connectivity index (χ1v) is 9.27. The fourth-order valence-corrected chi connectivity index (χ4v) is 4.52. The first kappa shape index (κ1) is 14.2. The fraction of sp³-hybridized carbons (Fsp3) is 0.714. The largest absolute Gasteiger partial charge is 0.332 e. The normalized spacial score (nSPS) is 22.9. The molecule has 0 spiro atoms. The zero-order chi connectivity index (χ0) is 13.9. The highest BCUT2D eigenvalue weighted by Gasteiger charge is 2.27. The predicted octanol–water partition coefficient (Wildman–Crippen LogP) is 3.06. The van der Waals surface area contributed by atoms with E-state index in [1.165, 1.54) is 17.8 Å². The van der Waals surface area contributed by atoms with Crippen molar-refractivity contribution in [1.82, 2.24) is 15.2 Å². The van der Waals surface area contributed by atoms with Crippen LogP contribution in [0.2, 0.25) is 0 Å². The number of nitrogens with one attached hydrogen (secondary N) is 1. The Morgan fingerprint density at radius 1 is 1.55 bits per heavy atom. The van der Waals surface area contributed by atoms with Gasteiger partial charge in [0.25, 0.3) is 0 Å². The van der Waals surface area contributed by atoms with Crippen molar-refractivity contribution in [2.24, 2.45) is 0 Å². The lowest BCUT2D eigenvalue weighted by atomic mass is 10.3. The zero-order valence-electron chi connectivity index (χ0n) is 11.8. The molecule has 1 saturated carbocycles. The molecule has 0 aromatic carbocycles. The smallest absolute Gasteiger partial charge is 0.317 e. The Hall–Kier alpha value is -0.750. The van der Waals surface area contributed by atoms with Crippen molar-refractivity contribution in [2.45, 2.75) is 43.9 Å². The summed E-state index contributed by atoms with van der Waals surface area (Å²) in [4.78, 5) is 18.7. The lowest BCUT2D eigenvalue weighted by Crippen LogP contribution is -2.46. The second kappa shape index (κ2) is 6.35. The van der Waals surface area contributed by atoms with Gasteiger partial charge >= 0.3 is 6.03 Å². The Morgan fingerprint density at radius 3 is 3.15 bits per heavy atom. The molecule has 110 valence electrons. The third-order valence-corrected chi connectivity index (χ3v) is 6.23. The molecule has 1 aromatic rings. The van der Waals surface area contributed by atoms with Crippen LogP contribution >= 0.6 is 23.1 Å². The van der Waals surface area contributed by atoms with Crippen LogP contribution in [0.5, 0.6) is 0 Å². The van der Waals surface area contributed by atoms with Crippen molar-refractivity contribution in [3.8, 4) is 0 Å². The highest BCUT2D eigenvalue weighted by molar-refractivity contribution is 8.00. The van der Waals surface area contributed by atoms with E-state index in [0.717, 1.165) is 31.0 Å². The maximum Gasteiger partial charge on any atom is 0.317 e. The third-order valence-electron chi connectivity index (χ3n) is 3.80. The van der Waals surface area contributed by atoms with Gasteiger partial charge < -0.3 is 10.2 Å². The second-order valence-electron chi connectivity index (χ2n) is 5.46. The van der Waals surface area contributed by atoms with Crippen LogP contribution < -0.4 is 5.32 Å². The molecule has 1 N–H and O–H groups in total. The van der Waals surface area contributed by atoms with Gasteiger partial charge in [0.1, 0.15) is 0 Å². The summed E-state index contributed by atoms with van der Waals surface area (Å²) in [5.41, 5.74) is 1.00. The SMILES string of the molecule is CC[C@@H]1CN(C(=O)NCc2csc(C3CC3)n2)CCS1. The fourth-order valence-electron chi connectivity index (χ4n) is 2.35. The summed E-state index contributed by atoms with van der Waals surface area (Å²) in [6, 6.07) is 0.0599. The van der Waals surface area contributed by atoms with E-state index in [2.05, 4.69) is 22.6 Å². The molecule has 1 aromatic heterocycles. The van der Waals surface area contributed by atoms with Gasteiger partial charge in [-0.2, -0.15) is 11.8 Å². The van der Waals surface area contributed by atoms with Crippen molar-refractivity contribution >= 4 is 29.1 Å². The van der Waals surface area contributed by atoms with Gasteiger partial charge in [0.2, 0.25) is 0 Å². The summed E-state index contributed by atoms with van der Waals surface area (Å²) < 4.78 is 0. The van der Waals surface area contributed by atoms with Gasteiger partial charge in [0.05, 0.1) is 17.2 Å². The van der Waals surface area contributed by atoms with Gasteiger partial charge in [-0.1, -0.05) is 6.92 Å². The molecule has 1 saturated heterocycles. The van der Waals surface area contributed by atoms with Gasteiger partial charge in [0, 0.05) is 35.4 Å². The molecule has 2 aliphatic rings. The number of aromatic nitrogens is 1. The Morgan fingerprint density at radius 2 is 2.40 bits per heavy atom. The van der Waals surface area contributed by atoms with Crippen LogP contribution in [-0.2, 0) is 6.54 Å². The number of amides is 2. The molecule has 2 amide bonds. The predicted molar refractivity (Wildman–Crippen MR) is 84.4 cm³/mol. The summed E-state index contributed by atoms with van der Waals surface area (Å²) in [5, 5.41) is 6.92. The van der Waals surface area contributed by atoms with Gasteiger partial charge in [-0.05, 0) is 19.3 Å². The molecule has 2 fully saturated rings. The third kappa shape index (κ3) is 3.47. The quantitative estimate of drug-likeness (QED) is 0.929. The van der Waals surface area contributed by atoms with Gasteiger partial charge in [-0.15, -0.1) is 11.3 Å².